The quantitative estimate of drug-likeness (QED) is 0.164. The van der Waals surface area contributed by atoms with Crippen molar-refractivity contribution in [3.63, 3.8) is 0 Å². The van der Waals surface area contributed by atoms with Gasteiger partial charge in [0.05, 0.1) is 7.11 Å². The molecule has 0 saturated carbocycles. The van der Waals surface area contributed by atoms with E-state index in [0.29, 0.717) is 12.1 Å². The first-order valence-corrected chi connectivity index (χ1v) is 14.5. The highest BCUT2D eigenvalue weighted by molar-refractivity contribution is 5.93. The second-order valence-electron chi connectivity index (χ2n) is 11.2. The Labute approximate surface area is 257 Å². The molecule has 12 nitrogen and oxygen atoms in total. The summed E-state index contributed by atoms with van der Waals surface area (Å²) >= 11 is 0. The largest absolute Gasteiger partial charge is 0.481 e. The number of unbranched alkanes of at least 4 members (excludes halogenated alkanes) is 2. The van der Waals surface area contributed by atoms with Crippen LogP contribution in [0.25, 0.3) is 0 Å². The smallest absolute Gasteiger partial charge is 0.408 e. The standard InChI is InChI=1S/C32H43N3O9/c1-6-7-11-16-33-28(37)24(19-22-14-15-26(23(17-22)30(39)40)43-20-27(36)42-5)34-29(38)25(18-21-12-9-8-10-13-21)35-31(41)44-32(2,3)4/h8-10,12-15,17,24-25H,6-7,11,16,18-20H2,1-5H3,(H,33,37)(H,34,38)(H,35,41)(H,39,40)/t24-,25-/m0/s1. The van der Waals surface area contributed by atoms with Gasteiger partial charge in [-0.25, -0.2) is 14.4 Å². The summed E-state index contributed by atoms with van der Waals surface area (Å²) in [7, 11) is 1.18. The highest BCUT2D eigenvalue weighted by Crippen LogP contribution is 2.22. The zero-order valence-electron chi connectivity index (χ0n) is 25.9. The Morgan fingerprint density at radius 3 is 2.14 bits per heavy atom. The Balaban J connectivity index is 2.34. The van der Waals surface area contributed by atoms with Crippen molar-refractivity contribution in [2.24, 2.45) is 0 Å². The lowest BCUT2D eigenvalue weighted by molar-refractivity contribution is -0.143. The van der Waals surface area contributed by atoms with Crippen molar-refractivity contribution in [3.8, 4) is 5.75 Å². The number of hydrogen-bond donors (Lipinski definition) is 4. The molecule has 0 bridgehead atoms. The molecule has 2 atom stereocenters. The Bertz CT molecular complexity index is 1280. The van der Waals surface area contributed by atoms with Gasteiger partial charge < -0.3 is 35.3 Å². The number of rotatable bonds is 16. The van der Waals surface area contributed by atoms with Gasteiger partial charge in [0, 0.05) is 19.4 Å². The second-order valence-corrected chi connectivity index (χ2v) is 11.2. The fraction of sp³-hybridized carbons (Fsp3) is 0.469. The van der Waals surface area contributed by atoms with Crippen LogP contribution in [-0.2, 0) is 36.7 Å². The number of carbonyl (C=O) groups is 5. The number of alkyl carbamates (subject to hydrolysis) is 1. The van der Waals surface area contributed by atoms with Crippen molar-refractivity contribution in [1.82, 2.24) is 16.0 Å². The topological polar surface area (TPSA) is 169 Å². The SMILES string of the molecule is CCCCCNC(=O)[C@H](Cc1ccc(OCC(=O)OC)c(C(=O)O)c1)NC(=O)[C@H](Cc1ccccc1)NC(=O)OC(C)(C)C. The molecule has 2 aromatic rings. The van der Waals surface area contributed by atoms with E-state index >= 15 is 0 Å². The Hall–Kier alpha value is -4.61. The molecule has 0 fully saturated rings. The third kappa shape index (κ3) is 12.7. The minimum atomic E-state index is -1.30. The van der Waals surface area contributed by atoms with E-state index in [1.807, 2.05) is 37.3 Å². The summed E-state index contributed by atoms with van der Waals surface area (Å²) in [6.45, 7) is 7.05. The van der Waals surface area contributed by atoms with Gasteiger partial charge in [-0.05, 0) is 50.5 Å². The van der Waals surface area contributed by atoms with Crippen LogP contribution in [0.2, 0.25) is 0 Å². The van der Waals surface area contributed by atoms with Gasteiger partial charge in [-0.15, -0.1) is 0 Å². The number of carboxylic acids is 1. The highest BCUT2D eigenvalue weighted by Gasteiger charge is 2.29. The van der Waals surface area contributed by atoms with Crippen LogP contribution in [0.5, 0.6) is 5.75 Å². The molecule has 240 valence electrons. The van der Waals surface area contributed by atoms with E-state index in [1.165, 1.54) is 19.2 Å². The summed E-state index contributed by atoms with van der Waals surface area (Å²) in [5.41, 5.74) is 0.167. The van der Waals surface area contributed by atoms with Gasteiger partial charge in [0.2, 0.25) is 11.8 Å². The average molecular weight is 614 g/mol. The molecule has 3 amide bonds. The third-order valence-corrected chi connectivity index (χ3v) is 6.29. The number of nitrogens with one attached hydrogen (secondary N) is 3. The van der Waals surface area contributed by atoms with E-state index in [0.717, 1.165) is 24.8 Å². The van der Waals surface area contributed by atoms with Crippen LogP contribution in [0.1, 0.15) is 68.4 Å². The number of amides is 3. The monoisotopic (exact) mass is 613 g/mol. The zero-order valence-corrected chi connectivity index (χ0v) is 25.9. The maximum Gasteiger partial charge on any atom is 0.408 e. The molecule has 44 heavy (non-hydrogen) atoms. The first-order valence-electron chi connectivity index (χ1n) is 14.5. The van der Waals surface area contributed by atoms with Crippen LogP contribution >= 0.6 is 0 Å². The Morgan fingerprint density at radius 2 is 1.52 bits per heavy atom. The first kappa shape index (κ1) is 35.6. The molecule has 0 saturated heterocycles. The molecule has 0 aliphatic rings. The molecular formula is C32H43N3O9. The molecule has 0 radical (unpaired) electrons. The predicted octanol–water partition coefficient (Wildman–Crippen LogP) is 3.41. The second kappa shape index (κ2) is 17.5. The van der Waals surface area contributed by atoms with Gasteiger partial charge in [0.1, 0.15) is 29.0 Å². The van der Waals surface area contributed by atoms with Gasteiger partial charge in [-0.1, -0.05) is 56.2 Å². The average Bonchev–Trinajstić information content (AvgIpc) is 2.97. The van der Waals surface area contributed by atoms with Crippen molar-refractivity contribution in [2.75, 3.05) is 20.3 Å². The predicted molar refractivity (Wildman–Crippen MR) is 162 cm³/mol. The number of methoxy groups -OCH3 is 1. The van der Waals surface area contributed by atoms with E-state index in [1.54, 1.807) is 26.8 Å². The van der Waals surface area contributed by atoms with E-state index in [2.05, 4.69) is 20.7 Å². The minimum absolute atomic E-state index is 0.0549. The van der Waals surface area contributed by atoms with Crippen LogP contribution in [0.4, 0.5) is 4.79 Å². The van der Waals surface area contributed by atoms with E-state index < -0.39 is 54.1 Å². The molecule has 2 rings (SSSR count). The van der Waals surface area contributed by atoms with Crippen LogP contribution in [0, 0.1) is 0 Å². The molecule has 0 aliphatic carbocycles. The number of carboxylic acid groups (broad SMARTS) is 1. The number of aromatic carboxylic acids is 1. The van der Waals surface area contributed by atoms with Crippen LogP contribution in [0.3, 0.4) is 0 Å². The van der Waals surface area contributed by atoms with Gasteiger partial charge in [-0.3, -0.25) is 9.59 Å². The Kier molecular flexibility index (Phi) is 14.1. The van der Waals surface area contributed by atoms with Crippen molar-refractivity contribution in [3.05, 3.63) is 65.2 Å². The fourth-order valence-corrected chi connectivity index (χ4v) is 4.13. The summed E-state index contributed by atoms with van der Waals surface area (Å²) in [4.78, 5) is 63.0. The van der Waals surface area contributed by atoms with Crippen molar-refractivity contribution in [1.29, 1.82) is 0 Å². The van der Waals surface area contributed by atoms with Crippen LogP contribution in [-0.4, -0.2) is 72.9 Å². The normalized spacial score (nSPS) is 12.3. The number of carbonyl (C=O) groups excluding carboxylic acids is 4. The lowest BCUT2D eigenvalue weighted by Gasteiger charge is -2.25. The van der Waals surface area contributed by atoms with Gasteiger partial charge in [-0.2, -0.15) is 0 Å². The van der Waals surface area contributed by atoms with Crippen LogP contribution < -0.4 is 20.7 Å². The third-order valence-electron chi connectivity index (χ3n) is 6.29. The van der Waals surface area contributed by atoms with Gasteiger partial charge >= 0.3 is 18.0 Å². The van der Waals surface area contributed by atoms with Gasteiger partial charge in [0.25, 0.3) is 0 Å². The molecule has 0 aliphatic heterocycles. The fourth-order valence-electron chi connectivity index (χ4n) is 4.13. The first-order chi connectivity index (χ1) is 20.8. The maximum absolute atomic E-state index is 13.6. The van der Waals surface area contributed by atoms with Gasteiger partial charge in [0.15, 0.2) is 6.61 Å². The summed E-state index contributed by atoms with van der Waals surface area (Å²) in [6, 6.07) is 11.1. The molecule has 2 aromatic carbocycles. The van der Waals surface area contributed by atoms with Crippen molar-refractivity contribution in [2.45, 2.75) is 77.5 Å². The van der Waals surface area contributed by atoms with E-state index in [-0.39, 0.29) is 24.2 Å². The van der Waals surface area contributed by atoms with Crippen molar-refractivity contribution >= 4 is 29.8 Å². The lowest BCUT2D eigenvalue weighted by Crippen LogP contribution is -2.55. The number of benzene rings is 2. The lowest BCUT2D eigenvalue weighted by atomic mass is 10.0. The number of ether oxygens (including phenoxy) is 3. The summed E-state index contributed by atoms with van der Waals surface area (Å²) in [6.07, 6.45) is 1.89. The molecule has 12 heteroatoms. The molecule has 4 N–H and O–H groups in total. The van der Waals surface area contributed by atoms with E-state index in [4.69, 9.17) is 9.47 Å². The molecule has 0 spiro atoms. The number of esters is 1. The minimum Gasteiger partial charge on any atom is -0.481 e. The molecule has 0 aromatic heterocycles. The molecule has 0 unspecified atom stereocenters. The molecular weight excluding hydrogens is 570 g/mol. The zero-order chi connectivity index (χ0) is 32.7. The highest BCUT2D eigenvalue weighted by atomic mass is 16.6. The Morgan fingerprint density at radius 1 is 0.864 bits per heavy atom. The number of hydrogen-bond acceptors (Lipinski definition) is 8. The summed E-state index contributed by atoms with van der Waals surface area (Å²) in [5.74, 6) is -3.13. The van der Waals surface area contributed by atoms with Crippen LogP contribution in [0.15, 0.2) is 48.5 Å². The summed E-state index contributed by atoms with van der Waals surface area (Å²) < 4.78 is 15.2. The summed E-state index contributed by atoms with van der Waals surface area (Å²) in [5, 5.41) is 17.9. The van der Waals surface area contributed by atoms with Crippen molar-refractivity contribution < 1.29 is 43.3 Å². The van der Waals surface area contributed by atoms with E-state index in [9.17, 15) is 29.1 Å². The molecule has 0 heterocycles. The maximum atomic E-state index is 13.6.